The van der Waals surface area contributed by atoms with Crippen molar-refractivity contribution in [1.29, 1.82) is 0 Å². The van der Waals surface area contributed by atoms with E-state index in [1.165, 1.54) is 12.4 Å². The monoisotopic (exact) mass is 339 g/mol. The quantitative estimate of drug-likeness (QED) is 0.575. The van der Waals surface area contributed by atoms with Crippen LogP contribution in [0.3, 0.4) is 0 Å². The number of hydrogen-bond donors (Lipinski definition) is 3. The van der Waals surface area contributed by atoms with E-state index in [1.54, 1.807) is 12.1 Å². The Morgan fingerprint density at radius 3 is 2.75 bits per heavy atom. The predicted octanol–water partition coefficient (Wildman–Crippen LogP) is 3.36. The number of rotatable bonds is 5. The molecular formula is C13H15BrFN5. The Balaban J connectivity index is 2.39. The van der Waals surface area contributed by atoms with Gasteiger partial charge in [-0.2, -0.15) is 0 Å². The Morgan fingerprint density at radius 1 is 1.30 bits per heavy atom. The lowest BCUT2D eigenvalue weighted by Crippen LogP contribution is -2.13. The van der Waals surface area contributed by atoms with Crippen LogP contribution in [0.15, 0.2) is 29.0 Å². The molecule has 0 aliphatic carbocycles. The second kappa shape index (κ2) is 6.62. The Labute approximate surface area is 124 Å². The molecule has 0 aliphatic rings. The summed E-state index contributed by atoms with van der Waals surface area (Å²) in [7, 11) is 0. The summed E-state index contributed by atoms with van der Waals surface area (Å²) in [6.45, 7) is 2.04. The van der Waals surface area contributed by atoms with Crippen molar-refractivity contribution < 1.29 is 4.39 Å². The zero-order chi connectivity index (χ0) is 14.5. The highest BCUT2D eigenvalue weighted by molar-refractivity contribution is 9.10. The average molecular weight is 340 g/mol. The van der Waals surface area contributed by atoms with Crippen molar-refractivity contribution in [2.75, 3.05) is 10.7 Å². The summed E-state index contributed by atoms with van der Waals surface area (Å²) in [5, 5.41) is 2.99. The summed E-state index contributed by atoms with van der Waals surface area (Å²) in [6, 6.07) is 4.68. The smallest absolute Gasteiger partial charge is 0.148 e. The minimum atomic E-state index is -0.350. The number of anilines is 3. The van der Waals surface area contributed by atoms with Gasteiger partial charge in [0.15, 0.2) is 0 Å². The van der Waals surface area contributed by atoms with Crippen LogP contribution < -0.4 is 16.6 Å². The first-order valence-electron chi connectivity index (χ1n) is 6.18. The van der Waals surface area contributed by atoms with Crippen LogP contribution in [0, 0.1) is 5.82 Å². The highest BCUT2D eigenvalue weighted by Gasteiger charge is 2.12. The van der Waals surface area contributed by atoms with Gasteiger partial charge in [0.05, 0.1) is 5.69 Å². The summed E-state index contributed by atoms with van der Waals surface area (Å²) in [6.07, 6.45) is 3.02. The SMILES string of the molecule is CCCc1c(NN)ncnc1Nc1cc(Br)ccc1F. The highest BCUT2D eigenvalue weighted by Crippen LogP contribution is 2.27. The van der Waals surface area contributed by atoms with Crippen LogP contribution in [0.1, 0.15) is 18.9 Å². The molecule has 1 aromatic carbocycles. The van der Waals surface area contributed by atoms with Crippen LogP contribution in [-0.2, 0) is 6.42 Å². The zero-order valence-electron chi connectivity index (χ0n) is 11.0. The largest absolute Gasteiger partial charge is 0.337 e. The number of benzene rings is 1. The second-order valence-electron chi connectivity index (χ2n) is 4.19. The van der Waals surface area contributed by atoms with Gasteiger partial charge in [-0.1, -0.05) is 29.3 Å². The van der Waals surface area contributed by atoms with Gasteiger partial charge in [-0.25, -0.2) is 20.2 Å². The third-order valence-corrected chi connectivity index (χ3v) is 3.26. The van der Waals surface area contributed by atoms with Crippen molar-refractivity contribution in [3.05, 3.63) is 40.4 Å². The molecule has 0 aliphatic heterocycles. The van der Waals surface area contributed by atoms with E-state index < -0.39 is 0 Å². The maximum atomic E-state index is 13.8. The maximum Gasteiger partial charge on any atom is 0.148 e. The van der Waals surface area contributed by atoms with Crippen LogP contribution in [-0.4, -0.2) is 9.97 Å². The van der Waals surface area contributed by atoms with E-state index in [9.17, 15) is 4.39 Å². The Kier molecular flexibility index (Phi) is 4.86. The lowest BCUT2D eigenvalue weighted by atomic mass is 10.1. The van der Waals surface area contributed by atoms with Gasteiger partial charge >= 0.3 is 0 Å². The molecule has 2 aromatic rings. The first-order valence-corrected chi connectivity index (χ1v) is 6.97. The van der Waals surface area contributed by atoms with E-state index in [2.05, 4.69) is 36.6 Å². The normalized spacial score (nSPS) is 10.4. The fourth-order valence-corrected chi connectivity index (χ4v) is 2.21. The fraction of sp³-hybridized carbons (Fsp3) is 0.231. The average Bonchev–Trinajstić information content (AvgIpc) is 2.45. The number of nitrogens with two attached hydrogens (primary N) is 1. The van der Waals surface area contributed by atoms with Crippen molar-refractivity contribution in [3.63, 3.8) is 0 Å². The van der Waals surface area contributed by atoms with Gasteiger partial charge in [-0.3, -0.25) is 0 Å². The van der Waals surface area contributed by atoms with Crippen LogP contribution in [0.5, 0.6) is 0 Å². The van der Waals surface area contributed by atoms with Gasteiger partial charge in [0, 0.05) is 10.0 Å². The molecule has 20 heavy (non-hydrogen) atoms. The minimum absolute atomic E-state index is 0.346. The molecule has 0 amide bonds. The molecule has 0 radical (unpaired) electrons. The van der Waals surface area contributed by atoms with Crippen molar-refractivity contribution in [1.82, 2.24) is 9.97 Å². The molecule has 1 heterocycles. The summed E-state index contributed by atoms with van der Waals surface area (Å²) in [5.41, 5.74) is 3.71. The van der Waals surface area contributed by atoms with Gasteiger partial charge in [0.2, 0.25) is 0 Å². The van der Waals surface area contributed by atoms with E-state index in [4.69, 9.17) is 5.84 Å². The maximum absolute atomic E-state index is 13.8. The van der Waals surface area contributed by atoms with E-state index in [1.807, 2.05) is 6.92 Å². The zero-order valence-corrected chi connectivity index (χ0v) is 12.5. The number of aromatic nitrogens is 2. The van der Waals surface area contributed by atoms with E-state index in [0.29, 0.717) is 17.3 Å². The Bertz CT molecular complexity index is 605. The summed E-state index contributed by atoms with van der Waals surface area (Å²) >= 11 is 3.32. The second-order valence-corrected chi connectivity index (χ2v) is 5.11. The van der Waals surface area contributed by atoms with Crippen LogP contribution in [0.4, 0.5) is 21.7 Å². The van der Waals surface area contributed by atoms with Gasteiger partial charge in [0.25, 0.3) is 0 Å². The Hall–Kier alpha value is -1.73. The molecule has 0 saturated heterocycles. The van der Waals surface area contributed by atoms with E-state index in [0.717, 1.165) is 22.9 Å². The Morgan fingerprint density at radius 2 is 2.05 bits per heavy atom. The molecule has 0 unspecified atom stereocenters. The van der Waals surface area contributed by atoms with Gasteiger partial charge in [-0.05, 0) is 24.6 Å². The highest BCUT2D eigenvalue weighted by atomic mass is 79.9. The molecule has 1 aromatic heterocycles. The first kappa shape index (κ1) is 14.7. The van der Waals surface area contributed by atoms with Crippen LogP contribution in [0.2, 0.25) is 0 Å². The topological polar surface area (TPSA) is 75.9 Å². The molecule has 7 heteroatoms. The van der Waals surface area contributed by atoms with Gasteiger partial charge in [0.1, 0.15) is 23.8 Å². The number of hydrogen-bond acceptors (Lipinski definition) is 5. The molecule has 2 rings (SSSR count). The summed E-state index contributed by atoms with van der Waals surface area (Å²) in [4.78, 5) is 8.24. The van der Waals surface area contributed by atoms with Crippen molar-refractivity contribution in [3.8, 4) is 0 Å². The van der Waals surface area contributed by atoms with Crippen LogP contribution in [0.25, 0.3) is 0 Å². The number of halogens is 2. The number of nitrogens with zero attached hydrogens (tertiary/aromatic N) is 2. The summed E-state index contributed by atoms with van der Waals surface area (Å²) < 4.78 is 14.6. The molecule has 0 atom stereocenters. The predicted molar refractivity (Wildman–Crippen MR) is 81.2 cm³/mol. The van der Waals surface area contributed by atoms with E-state index >= 15 is 0 Å². The number of hydrazine groups is 1. The molecule has 0 bridgehead atoms. The summed E-state index contributed by atoms with van der Waals surface area (Å²) in [5.74, 6) is 6.19. The first-order chi connectivity index (χ1) is 9.65. The minimum Gasteiger partial charge on any atom is -0.337 e. The molecule has 106 valence electrons. The standard InChI is InChI=1S/C13H15BrFN5/c1-2-3-9-12(17-7-18-13(9)20-16)19-11-6-8(14)4-5-10(11)15/h4-7H,2-3,16H2,1H3,(H2,17,18,19,20). The molecule has 5 nitrogen and oxygen atoms in total. The van der Waals surface area contributed by atoms with Gasteiger partial charge < -0.3 is 10.7 Å². The van der Waals surface area contributed by atoms with E-state index in [-0.39, 0.29) is 5.82 Å². The van der Waals surface area contributed by atoms with Crippen molar-refractivity contribution in [2.45, 2.75) is 19.8 Å². The molecule has 0 saturated carbocycles. The van der Waals surface area contributed by atoms with Crippen LogP contribution >= 0.6 is 15.9 Å². The molecule has 4 N–H and O–H groups in total. The third kappa shape index (κ3) is 3.23. The molecule has 0 fully saturated rings. The van der Waals surface area contributed by atoms with Crippen molar-refractivity contribution in [2.24, 2.45) is 5.84 Å². The lowest BCUT2D eigenvalue weighted by molar-refractivity contribution is 0.631. The fourth-order valence-electron chi connectivity index (χ4n) is 1.85. The molecule has 0 spiro atoms. The third-order valence-electron chi connectivity index (χ3n) is 2.76. The molecular weight excluding hydrogens is 325 g/mol. The number of nitrogens with one attached hydrogen (secondary N) is 2. The lowest BCUT2D eigenvalue weighted by Gasteiger charge is -2.14. The number of nitrogen functional groups attached to an aromatic ring is 1. The van der Waals surface area contributed by atoms with Crippen molar-refractivity contribution >= 4 is 33.3 Å². The van der Waals surface area contributed by atoms with Gasteiger partial charge in [-0.15, -0.1) is 0 Å².